The highest BCUT2D eigenvalue weighted by molar-refractivity contribution is 5.83. The third-order valence-electron chi connectivity index (χ3n) is 4.98. The van der Waals surface area contributed by atoms with Gasteiger partial charge >= 0.3 is 0 Å². The van der Waals surface area contributed by atoms with Gasteiger partial charge in [0, 0.05) is 30.7 Å². The second-order valence-corrected chi connectivity index (χ2v) is 6.69. The summed E-state index contributed by atoms with van der Waals surface area (Å²) in [7, 11) is 0. The van der Waals surface area contributed by atoms with Crippen molar-refractivity contribution in [3.8, 4) is 0 Å². The topological polar surface area (TPSA) is 67.6 Å². The van der Waals surface area contributed by atoms with Gasteiger partial charge in [0.2, 0.25) is 5.91 Å². The molecule has 0 spiro atoms. The van der Waals surface area contributed by atoms with Crippen molar-refractivity contribution in [2.75, 3.05) is 26.3 Å². The van der Waals surface area contributed by atoms with Crippen LogP contribution in [0.3, 0.4) is 0 Å². The van der Waals surface area contributed by atoms with Crippen molar-refractivity contribution in [3.63, 3.8) is 0 Å². The lowest BCUT2D eigenvalue weighted by atomic mass is 9.91. The normalized spacial score (nSPS) is 26.8. The smallest absolute Gasteiger partial charge is 0.242 e. The van der Waals surface area contributed by atoms with E-state index in [4.69, 9.17) is 10.5 Å². The van der Waals surface area contributed by atoms with Crippen LogP contribution in [0.5, 0.6) is 0 Å². The number of halogens is 1. The molecule has 3 N–H and O–H groups in total. The molecule has 1 saturated carbocycles. The molecule has 3 rings (SSSR count). The Bertz CT molecular complexity index is 555. The first-order valence-corrected chi connectivity index (χ1v) is 8.77. The number of carbonyl (C=O) groups is 1. The molecule has 1 unspecified atom stereocenters. The predicted molar refractivity (Wildman–Crippen MR) is 89.9 cm³/mol. The van der Waals surface area contributed by atoms with Crippen molar-refractivity contribution < 1.29 is 13.9 Å². The highest BCUT2D eigenvalue weighted by Gasteiger charge is 2.32. The Labute approximate surface area is 142 Å². The molecule has 1 amide bonds. The summed E-state index contributed by atoms with van der Waals surface area (Å²) in [6.45, 7) is 2.39. The molecule has 1 aliphatic carbocycles. The number of carbonyl (C=O) groups excluding carboxylic acids is 1. The molecule has 6 heteroatoms. The molecule has 1 aliphatic heterocycles. The second-order valence-electron chi connectivity index (χ2n) is 6.69. The summed E-state index contributed by atoms with van der Waals surface area (Å²) >= 11 is 0. The Morgan fingerprint density at radius 2 is 1.88 bits per heavy atom. The summed E-state index contributed by atoms with van der Waals surface area (Å²) in [6, 6.07) is 6.30. The molecule has 24 heavy (non-hydrogen) atoms. The van der Waals surface area contributed by atoms with Crippen LogP contribution in [0.2, 0.25) is 0 Å². The molecular weight excluding hydrogens is 309 g/mol. The van der Waals surface area contributed by atoms with Crippen LogP contribution < -0.4 is 11.1 Å². The number of amides is 1. The van der Waals surface area contributed by atoms with Gasteiger partial charge in [-0.3, -0.25) is 9.69 Å². The van der Waals surface area contributed by atoms with Crippen LogP contribution in [0.25, 0.3) is 0 Å². The van der Waals surface area contributed by atoms with E-state index in [0.717, 1.165) is 25.7 Å². The van der Waals surface area contributed by atoms with Crippen molar-refractivity contribution in [1.82, 2.24) is 10.2 Å². The van der Waals surface area contributed by atoms with Gasteiger partial charge in [-0.25, -0.2) is 4.39 Å². The molecule has 1 saturated heterocycles. The Hall–Kier alpha value is -1.50. The van der Waals surface area contributed by atoms with Gasteiger partial charge in [-0.15, -0.1) is 0 Å². The largest absolute Gasteiger partial charge is 0.379 e. The van der Waals surface area contributed by atoms with Crippen molar-refractivity contribution in [1.29, 1.82) is 0 Å². The third-order valence-corrected chi connectivity index (χ3v) is 4.98. The van der Waals surface area contributed by atoms with Crippen molar-refractivity contribution in [3.05, 3.63) is 35.6 Å². The van der Waals surface area contributed by atoms with E-state index in [2.05, 4.69) is 5.32 Å². The molecule has 1 aromatic carbocycles. The van der Waals surface area contributed by atoms with Crippen molar-refractivity contribution in [2.24, 2.45) is 5.73 Å². The van der Waals surface area contributed by atoms with Crippen LogP contribution in [0.1, 0.15) is 37.3 Å². The number of nitrogens with one attached hydrogen (secondary N) is 1. The maximum Gasteiger partial charge on any atom is 0.242 e. The molecule has 1 atom stereocenters. The summed E-state index contributed by atoms with van der Waals surface area (Å²) < 4.78 is 19.7. The number of rotatable bonds is 4. The van der Waals surface area contributed by atoms with Crippen LogP contribution in [0.15, 0.2) is 24.3 Å². The fourth-order valence-electron chi connectivity index (χ4n) is 3.58. The molecule has 5 nitrogen and oxygen atoms in total. The number of hydrogen-bond donors (Lipinski definition) is 2. The highest BCUT2D eigenvalue weighted by Crippen LogP contribution is 2.26. The zero-order valence-corrected chi connectivity index (χ0v) is 13.9. The quantitative estimate of drug-likeness (QED) is 0.877. The molecule has 0 radical (unpaired) electrons. The van der Waals surface area contributed by atoms with Crippen LogP contribution in [0.4, 0.5) is 4.39 Å². The molecule has 1 heterocycles. The lowest BCUT2D eigenvalue weighted by Gasteiger charge is -2.35. The summed E-state index contributed by atoms with van der Waals surface area (Å²) in [4.78, 5) is 15.0. The van der Waals surface area contributed by atoms with Gasteiger partial charge in [0.25, 0.3) is 0 Å². The van der Waals surface area contributed by atoms with E-state index >= 15 is 0 Å². The van der Waals surface area contributed by atoms with Crippen LogP contribution in [-0.2, 0) is 9.53 Å². The molecular formula is C18H26FN3O2. The van der Waals surface area contributed by atoms with Crippen molar-refractivity contribution in [2.45, 2.75) is 43.8 Å². The predicted octanol–water partition coefficient (Wildman–Crippen LogP) is 1.59. The Morgan fingerprint density at radius 1 is 1.21 bits per heavy atom. The van der Waals surface area contributed by atoms with Gasteiger partial charge < -0.3 is 15.8 Å². The Morgan fingerprint density at radius 3 is 2.54 bits per heavy atom. The molecule has 2 aliphatic rings. The third kappa shape index (κ3) is 4.12. The lowest BCUT2D eigenvalue weighted by Crippen LogP contribution is -2.49. The standard InChI is InChI=1S/C18H26FN3O2/c19-16-4-2-1-3-15(16)17(22-9-11-24-12-10-22)18(23)21-14-7-5-13(20)6-8-14/h1-4,13-14,17H,5-12,20H2,(H,21,23). The van der Waals surface area contributed by atoms with Gasteiger partial charge in [-0.1, -0.05) is 18.2 Å². The SMILES string of the molecule is NC1CCC(NC(=O)C(c2ccccc2F)N2CCOCC2)CC1. The van der Waals surface area contributed by atoms with E-state index in [0.29, 0.717) is 31.9 Å². The fraction of sp³-hybridized carbons (Fsp3) is 0.611. The number of nitrogens with two attached hydrogens (primary N) is 1. The van der Waals surface area contributed by atoms with E-state index in [1.54, 1.807) is 18.2 Å². The Kier molecular flexibility index (Phi) is 5.81. The van der Waals surface area contributed by atoms with Gasteiger partial charge in [0.1, 0.15) is 11.9 Å². The first kappa shape index (κ1) is 17.3. The second kappa shape index (κ2) is 8.05. The van der Waals surface area contributed by atoms with Gasteiger partial charge in [-0.2, -0.15) is 0 Å². The first-order chi connectivity index (χ1) is 11.6. The van der Waals surface area contributed by atoms with Crippen LogP contribution >= 0.6 is 0 Å². The van der Waals surface area contributed by atoms with Crippen molar-refractivity contribution >= 4 is 5.91 Å². The maximum atomic E-state index is 14.3. The minimum absolute atomic E-state index is 0.123. The maximum absolute atomic E-state index is 14.3. The molecule has 2 fully saturated rings. The van der Waals surface area contributed by atoms with Crippen LogP contribution in [0, 0.1) is 5.82 Å². The monoisotopic (exact) mass is 335 g/mol. The molecule has 132 valence electrons. The zero-order valence-electron chi connectivity index (χ0n) is 13.9. The van der Waals surface area contributed by atoms with E-state index in [1.807, 2.05) is 4.90 Å². The average Bonchev–Trinajstić information content (AvgIpc) is 2.60. The minimum atomic E-state index is -0.606. The minimum Gasteiger partial charge on any atom is -0.379 e. The van der Waals surface area contributed by atoms with E-state index in [1.165, 1.54) is 6.07 Å². The van der Waals surface area contributed by atoms with E-state index < -0.39 is 6.04 Å². The van der Waals surface area contributed by atoms with Gasteiger partial charge in [0.05, 0.1) is 13.2 Å². The number of morpholine rings is 1. The summed E-state index contributed by atoms with van der Waals surface area (Å²) in [5.41, 5.74) is 6.37. The number of benzene rings is 1. The fourth-order valence-corrected chi connectivity index (χ4v) is 3.58. The number of hydrogen-bond acceptors (Lipinski definition) is 4. The molecule has 1 aromatic rings. The first-order valence-electron chi connectivity index (χ1n) is 8.77. The number of ether oxygens (including phenoxy) is 1. The van der Waals surface area contributed by atoms with E-state index in [9.17, 15) is 9.18 Å². The Balaban J connectivity index is 1.76. The summed E-state index contributed by atoms with van der Waals surface area (Å²) in [6.07, 6.45) is 3.62. The number of nitrogens with zero attached hydrogens (tertiary/aromatic N) is 1. The van der Waals surface area contributed by atoms with Gasteiger partial charge in [-0.05, 0) is 31.7 Å². The highest BCUT2D eigenvalue weighted by atomic mass is 19.1. The molecule has 0 bridgehead atoms. The summed E-state index contributed by atoms with van der Waals surface area (Å²) in [5.74, 6) is -0.461. The van der Waals surface area contributed by atoms with Gasteiger partial charge in [0.15, 0.2) is 0 Å². The molecule has 0 aromatic heterocycles. The van der Waals surface area contributed by atoms with E-state index in [-0.39, 0.29) is 23.8 Å². The average molecular weight is 335 g/mol. The lowest BCUT2D eigenvalue weighted by molar-refractivity contribution is -0.129. The van der Waals surface area contributed by atoms with Crippen LogP contribution in [-0.4, -0.2) is 49.2 Å². The summed E-state index contributed by atoms with van der Waals surface area (Å²) in [5, 5.41) is 3.12. The zero-order chi connectivity index (χ0) is 16.9.